The third-order valence-corrected chi connectivity index (χ3v) is 2.86. The van der Waals surface area contributed by atoms with Crippen molar-refractivity contribution in [2.75, 3.05) is 0 Å². The third-order valence-electron chi connectivity index (χ3n) is 2.86. The van der Waals surface area contributed by atoms with Gasteiger partial charge in [0.25, 0.3) is 0 Å². The molecule has 1 aromatic heterocycles. The summed E-state index contributed by atoms with van der Waals surface area (Å²) in [4.78, 5) is 3.88. The number of hydrogen-bond acceptors (Lipinski definition) is 2. The van der Waals surface area contributed by atoms with Crippen molar-refractivity contribution in [3.05, 3.63) is 48.3 Å². The molecule has 88 valence electrons. The van der Waals surface area contributed by atoms with Gasteiger partial charge in [0.15, 0.2) is 0 Å². The van der Waals surface area contributed by atoms with Crippen LogP contribution in [-0.2, 0) is 5.41 Å². The Kier molecular flexibility index (Phi) is 2.88. The highest BCUT2D eigenvalue weighted by Crippen LogP contribution is 2.30. The molecule has 0 radical (unpaired) electrons. The first-order chi connectivity index (χ1) is 7.98. The van der Waals surface area contributed by atoms with E-state index in [-0.39, 0.29) is 11.2 Å². The molecule has 1 N–H and O–H groups in total. The van der Waals surface area contributed by atoms with Gasteiger partial charge in [0.05, 0.1) is 6.20 Å². The summed E-state index contributed by atoms with van der Waals surface area (Å²) in [7, 11) is 0. The molecule has 1 aromatic carbocycles. The van der Waals surface area contributed by atoms with E-state index in [1.807, 2.05) is 18.2 Å². The predicted octanol–water partition coefficient (Wildman–Crippen LogP) is 3.75. The van der Waals surface area contributed by atoms with Crippen molar-refractivity contribution >= 4 is 0 Å². The maximum atomic E-state index is 9.73. The Morgan fingerprint density at radius 3 is 2.18 bits per heavy atom. The summed E-state index contributed by atoms with van der Waals surface area (Å²) in [5.41, 5.74) is 3.27. The fourth-order valence-corrected chi connectivity index (χ4v) is 1.78. The Balaban J connectivity index is 2.40. The largest absolute Gasteiger partial charge is 0.506 e. The normalized spacial score (nSPS) is 11.5. The molecule has 0 saturated carbocycles. The first-order valence-corrected chi connectivity index (χ1v) is 5.72. The van der Waals surface area contributed by atoms with Crippen LogP contribution in [0.4, 0.5) is 0 Å². The minimum Gasteiger partial charge on any atom is -0.506 e. The Morgan fingerprint density at radius 2 is 1.65 bits per heavy atom. The van der Waals surface area contributed by atoms with Gasteiger partial charge in [-0.1, -0.05) is 45.0 Å². The molecular formula is C15H17NO. The molecule has 2 heteroatoms. The Morgan fingerprint density at radius 1 is 1.00 bits per heavy atom. The molecule has 2 aromatic rings. The first kappa shape index (κ1) is 11.6. The van der Waals surface area contributed by atoms with E-state index in [9.17, 15) is 5.11 Å². The summed E-state index contributed by atoms with van der Waals surface area (Å²) in [6, 6.07) is 10.1. The second-order valence-corrected chi connectivity index (χ2v) is 5.22. The van der Waals surface area contributed by atoms with Crippen molar-refractivity contribution in [1.29, 1.82) is 0 Å². The summed E-state index contributed by atoms with van der Waals surface area (Å²) in [6.07, 6.45) is 3.15. The Hall–Kier alpha value is -1.83. The molecule has 0 bridgehead atoms. The highest BCUT2D eigenvalue weighted by atomic mass is 16.3. The average molecular weight is 227 g/mol. The summed E-state index contributed by atoms with van der Waals surface area (Å²) in [5.74, 6) is 0.219. The van der Waals surface area contributed by atoms with Gasteiger partial charge in [-0.2, -0.15) is 0 Å². The summed E-state index contributed by atoms with van der Waals surface area (Å²) >= 11 is 0. The van der Waals surface area contributed by atoms with Crippen LogP contribution in [-0.4, -0.2) is 10.1 Å². The van der Waals surface area contributed by atoms with Crippen molar-refractivity contribution in [3.8, 4) is 16.9 Å². The van der Waals surface area contributed by atoms with Crippen molar-refractivity contribution in [1.82, 2.24) is 4.98 Å². The fraction of sp³-hybridized carbons (Fsp3) is 0.267. The number of nitrogens with zero attached hydrogens (tertiary/aromatic N) is 1. The molecule has 0 fully saturated rings. The van der Waals surface area contributed by atoms with Crippen LogP contribution in [0, 0.1) is 0 Å². The van der Waals surface area contributed by atoms with E-state index < -0.39 is 0 Å². The topological polar surface area (TPSA) is 33.1 Å². The van der Waals surface area contributed by atoms with Crippen LogP contribution in [0.25, 0.3) is 11.1 Å². The van der Waals surface area contributed by atoms with E-state index in [2.05, 4.69) is 37.9 Å². The molecule has 0 aliphatic rings. The standard InChI is InChI=1S/C15H17NO/c1-15(2,3)12-6-4-11(5-7-12)13-8-9-16-10-14(13)17/h4-10,17H,1-3H3. The van der Waals surface area contributed by atoms with Crippen LogP contribution in [0.15, 0.2) is 42.7 Å². The van der Waals surface area contributed by atoms with Crippen LogP contribution < -0.4 is 0 Å². The molecule has 0 amide bonds. The van der Waals surface area contributed by atoms with Crippen LogP contribution in [0.1, 0.15) is 26.3 Å². The second-order valence-electron chi connectivity index (χ2n) is 5.22. The second kappa shape index (κ2) is 4.21. The van der Waals surface area contributed by atoms with Crippen molar-refractivity contribution in [2.24, 2.45) is 0 Å². The molecule has 0 aliphatic heterocycles. The van der Waals surface area contributed by atoms with Gasteiger partial charge in [-0.15, -0.1) is 0 Å². The van der Waals surface area contributed by atoms with Crippen molar-refractivity contribution in [2.45, 2.75) is 26.2 Å². The number of benzene rings is 1. The third kappa shape index (κ3) is 2.47. The molecule has 2 nitrogen and oxygen atoms in total. The molecule has 17 heavy (non-hydrogen) atoms. The number of pyridine rings is 1. The summed E-state index contributed by atoms with van der Waals surface area (Å²) in [6.45, 7) is 6.56. The molecule has 0 saturated heterocycles. The maximum Gasteiger partial charge on any atom is 0.141 e. The fourth-order valence-electron chi connectivity index (χ4n) is 1.78. The lowest BCUT2D eigenvalue weighted by Crippen LogP contribution is -2.10. The van der Waals surface area contributed by atoms with Crippen LogP contribution in [0.3, 0.4) is 0 Å². The van der Waals surface area contributed by atoms with Gasteiger partial charge in [-0.3, -0.25) is 4.98 Å². The SMILES string of the molecule is CC(C)(C)c1ccc(-c2ccncc2O)cc1. The molecule has 0 atom stereocenters. The quantitative estimate of drug-likeness (QED) is 0.804. The number of aromatic hydroxyl groups is 1. The van der Waals surface area contributed by atoms with Crippen LogP contribution in [0.2, 0.25) is 0 Å². The van der Waals surface area contributed by atoms with E-state index in [0.29, 0.717) is 0 Å². The average Bonchev–Trinajstić information content (AvgIpc) is 2.29. The summed E-state index contributed by atoms with van der Waals surface area (Å²) < 4.78 is 0. The molecule has 1 heterocycles. The van der Waals surface area contributed by atoms with E-state index in [4.69, 9.17) is 0 Å². The van der Waals surface area contributed by atoms with Crippen LogP contribution >= 0.6 is 0 Å². The van der Waals surface area contributed by atoms with Gasteiger partial charge >= 0.3 is 0 Å². The van der Waals surface area contributed by atoms with Crippen molar-refractivity contribution < 1.29 is 5.11 Å². The molecule has 0 aliphatic carbocycles. The first-order valence-electron chi connectivity index (χ1n) is 5.72. The Labute approximate surface area is 102 Å². The lowest BCUT2D eigenvalue weighted by atomic mass is 9.86. The van der Waals surface area contributed by atoms with E-state index in [0.717, 1.165) is 11.1 Å². The molecular weight excluding hydrogens is 210 g/mol. The summed E-state index contributed by atoms with van der Waals surface area (Å²) in [5, 5.41) is 9.73. The van der Waals surface area contributed by atoms with Gasteiger partial charge in [0, 0.05) is 11.8 Å². The lowest BCUT2D eigenvalue weighted by molar-refractivity contribution is 0.474. The molecule has 0 spiro atoms. The smallest absolute Gasteiger partial charge is 0.141 e. The van der Waals surface area contributed by atoms with Crippen molar-refractivity contribution in [3.63, 3.8) is 0 Å². The highest BCUT2D eigenvalue weighted by molar-refractivity contribution is 5.69. The van der Waals surface area contributed by atoms with Gasteiger partial charge < -0.3 is 5.11 Å². The zero-order valence-corrected chi connectivity index (χ0v) is 10.4. The van der Waals surface area contributed by atoms with Gasteiger partial charge in [-0.05, 0) is 22.6 Å². The highest BCUT2D eigenvalue weighted by Gasteiger charge is 2.13. The van der Waals surface area contributed by atoms with Crippen LogP contribution in [0.5, 0.6) is 5.75 Å². The lowest BCUT2D eigenvalue weighted by Gasteiger charge is -2.19. The molecule has 2 rings (SSSR count). The van der Waals surface area contributed by atoms with E-state index in [1.54, 1.807) is 6.20 Å². The van der Waals surface area contributed by atoms with Gasteiger partial charge in [0.1, 0.15) is 5.75 Å². The minimum absolute atomic E-state index is 0.152. The zero-order valence-electron chi connectivity index (χ0n) is 10.4. The predicted molar refractivity (Wildman–Crippen MR) is 70.0 cm³/mol. The Bertz CT molecular complexity index is 509. The zero-order chi connectivity index (χ0) is 12.5. The number of aromatic nitrogens is 1. The monoisotopic (exact) mass is 227 g/mol. The minimum atomic E-state index is 0.152. The number of rotatable bonds is 1. The van der Waals surface area contributed by atoms with E-state index >= 15 is 0 Å². The molecule has 0 unspecified atom stereocenters. The van der Waals surface area contributed by atoms with Gasteiger partial charge in [-0.25, -0.2) is 0 Å². The maximum absolute atomic E-state index is 9.73. The van der Waals surface area contributed by atoms with Gasteiger partial charge in [0.2, 0.25) is 0 Å². The number of hydrogen-bond donors (Lipinski definition) is 1. The van der Waals surface area contributed by atoms with E-state index in [1.165, 1.54) is 11.8 Å².